The van der Waals surface area contributed by atoms with Gasteiger partial charge in [0.1, 0.15) is 11.8 Å². The summed E-state index contributed by atoms with van der Waals surface area (Å²) in [5.74, 6) is -0.718. The van der Waals surface area contributed by atoms with E-state index in [1.807, 2.05) is 0 Å². The van der Waals surface area contributed by atoms with Crippen LogP contribution in [0.1, 0.15) is 5.56 Å². The van der Waals surface area contributed by atoms with Gasteiger partial charge in [-0.1, -0.05) is 18.2 Å². The summed E-state index contributed by atoms with van der Waals surface area (Å²) in [5, 5.41) is 20.9. The molecule has 0 fully saturated rings. The van der Waals surface area contributed by atoms with Crippen LogP contribution in [0.2, 0.25) is 0 Å². The van der Waals surface area contributed by atoms with E-state index in [0.717, 1.165) is 5.56 Å². The van der Waals surface area contributed by atoms with Gasteiger partial charge in [-0.25, -0.2) is 0 Å². The fraction of sp³-hybridized carbons (Fsp3) is 0.250. The highest BCUT2D eigenvalue weighted by Gasteiger charge is 2.16. The van der Waals surface area contributed by atoms with Crippen LogP contribution in [0.4, 0.5) is 0 Å². The van der Waals surface area contributed by atoms with Crippen LogP contribution in [0.15, 0.2) is 36.9 Å². The minimum absolute atomic E-state index is 0.176. The highest BCUT2D eigenvalue weighted by molar-refractivity contribution is 5.73. The van der Waals surface area contributed by atoms with Gasteiger partial charge >= 0.3 is 5.97 Å². The Morgan fingerprint density at radius 3 is 2.56 bits per heavy atom. The number of phenolic OH excluding ortho intramolecular Hbond substituents is 1. The van der Waals surface area contributed by atoms with Gasteiger partial charge in [-0.3, -0.25) is 4.79 Å². The standard InChI is InChI=1S/C12H15NO3/c1-2-7-13-11(12(15)16)8-9-3-5-10(14)6-4-9/h2-6,11,13-14H,1,7-8H2,(H,15,16). The molecule has 3 N–H and O–H groups in total. The van der Waals surface area contributed by atoms with E-state index in [4.69, 9.17) is 10.2 Å². The van der Waals surface area contributed by atoms with Crippen LogP contribution in [-0.4, -0.2) is 28.8 Å². The van der Waals surface area contributed by atoms with Gasteiger partial charge in [0.15, 0.2) is 0 Å². The Morgan fingerprint density at radius 1 is 1.44 bits per heavy atom. The van der Waals surface area contributed by atoms with Crippen molar-refractivity contribution in [2.75, 3.05) is 6.54 Å². The third-order valence-corrected chi connectivity index (χ3v) is 2.18. The lowest BCUT2D eigenvalue weighted by Gasteiger charge is -2.13. The molecule has 1 atom stereocenters. The minimum atomic E-state index is -0.894. The number of rotatable bonds is 6. The molecular weight excluding hydrogens is 206 g/mol. The van der Waals surface area contributed by atoms with E-state index in [0.29, 0.717) is 13.0 Å². The van der Waals surface area contributed by atoms with E-state index < -0.39 is 12.0 Å². The van der Waals surface area contributed by atoms with E-state index >= 15 is 0 Å². The Balaban J connectivity index is 2.63. The van der Waals surface area contributed by atoms with Crippen LogP contribution in [-0.2, 0) is 11.2 Å². The number of aliphatic carboxylic acids is 1. The summed E-state index contributed by atoms with van der Waals surface area (Å²) in [6.45, 7) is 3.98. The van der Waals surface area contributed by atoms with Crippen LogP contribution in [0, 0.1) is 0 Å². The SMILES string of the molecule is C=CCNC(Cc1ccc(O)cc1)C(=O)O. The van der Waals surface area contributed by atoms with Crippen molar-refractivity contribution >= 4 is 5.97 Å². The summed E-state index contributed by atoms with van der Waals surface area (Å²) in [6.07, 6.45) is 2.00. The first-order valence-corrected chi connectivity index (χ1v) is 4.98. The molecule has 86 valence electrons. The molecule has 0 radical (unpaired) electrons. The Bertz CT molecular complexity index is 359. The zero-order chi connectivity index (χ0) is 12.0. The maximum atomic E-state index is 10.9. The predicted molar refractivity (Wildman–Crippen MR) is 61.4 cm³/mol. The number of carbonyl (C=O) groups is 1. The van der Waals surface area contributed by atoms with Gasteiger partial charge in [0.2, 0.25) is 0 Å². The molecule has 0 aliphatic heterocycles. The van der Waals surface area contributed by atoms with Crippen molar-refractivity contribution < 1.29 is 15.0 Å². The summed E-state index contributed by atoms with van der Waals surface area (Å²) in [5.41, 5.74) is 0.863. The largest absolute Gasteiger partial charge is 0.508 e. The average Bonchev–Trinajstić information content (AvgIpc) is 2.26. The van der Waals surface area contributed by atoms with Crippen molar-refractivity contribution in [2.24, 2.45) is 0 Å². The molecule has 4 heteroatoms. The topological polar surface area (TPSA) is 69.6 Å². The molecule has 0 spiro atoms. The third kappa shape index (κ3) is 3.74. The van der Waals surface area contributed by atoms with E-state index in [1.165, 1.54) is 0 Å². The molecule has 1 rings (SSSR count). The van der Waals surface area contributed by atoms with Gasteiger partial charge in [0, 0.05) is 6.54 Å². The van der Waals surface area contributed by atoms with Crippen LogP contribution in [0.25, 0.3) is 0 Å². The first-order valence-electron chi connectivity index (χ1n) is 4.98. The Labute approximate surface area is 94.2 Å². The van der Waals surface area contributed by atoms with Crippen LogP contribution >= 0.6 is 0 Å². The zero-order valence-electron chi connectivity index (χ0n) is 8.89. The fourth-order valence-corrected chi connectivity index (χ4v) is 1.34. The molecular formula is C12H15NO3. The van der Waals surface area contributed by atoms with Crippen molar-refractivity contribution in [1.29, 1.82) is 0 Å². The monoisotopic (exact) mass is 221 g/mol. The summed E-state index contributed by atoms with van der Waals surface area (Å²) in [4.78, 5) is 10.9. The molecule has 4 nitrogen and oxygen atoms in total. The number of carboxylic acid groups (broad SMARTS) is 1. The molecule has 16 heavy (non-hydrogen) atoms. The van der Waals surface area contributed by atoms with Crippen molar-refractivity contribution in [2.45, 2.75) is 12.5 Å². The number of hydrogen-bond donors (Lipinski definition) is 3. The van der Waals surface area contributed by atoms with Gasteiger partial charge < -0.3 is 15.5 Å². The molecule has 0 saturated heterocycles. The van der Waals surface area contributed by atoms with Crippen molar-refractivity contribution in [1.82, 2.24) is 5.32 Å². The second kappa shape index (κ2) is 5.92. The maximum absolute atomic E-state index is 10.9. The first-order chi connectivity index (χ1) is 7.63. The number of phenols is 1. The maximum Gasteiger partial charge on any atom is 0.321 e. The van der Waals surface area contributed by atoms with Crippen LogP contribution < -0.4 is 5.32 Å². The van der Waals surface area contributed by atoms with E-state index in [1.54, 1.807) is 30.3 Å². The molecule has 1 unspecified atom stereocenters. The Hall–Kier alpha value is -1.81. The second-order valence-electron chi connectivity index (χ2n) is 3.46. The molecule has 0 amide bonds. The number of benzene rings is 1. The fourth-order valence-electron chi connectivity index (χ4n) is 1.34. The van der Waals surface area contributed by atoms with E-state index in [2.05, 4.69) is 11.9 Å². The molecule has 0 saturated carbocycles. The van der Waals surface area contributed by atoms with E-state index in [-0.39, 0.29) is 5.75 Å². The first kappa shape index (κ1) is 12.3. The lowest BCUT2D eigenvalue weighted by atomic mass is 10.1. The second-order valence-corrected chi connectivity index (χ2v) is 3.46. The highest BCUT2D eigenvalue weighted by Crippen LogP contribution is 2.11. The van der Waals surface area contributed by atoms with Gasteiger partial charge in [-0.15, -0.1) is 6.58 Å². The highest BCUT2D eigenvalue weighted by atomic mass is 16.4. The van der Waals surface area contributed by atoms with Crippen LogP contribution in [0.5, 0.6) is 5.75 Å². The normalized spacial score (nSPS) is 12.0. The quantitative estimate of drug-likeness (QED) is 0.630. The lowest BCUT2D eigenvalue weighted by Crippen LogP contribution is -2.38. The zero-order valence-corrected chi connectivity index (χ0v) is 8.89. The number of hydrogen-bond acceptors (Lipinski definition) is 3. The summed E-state index contributed by atoms with van der Waals surface area (Å²) in [6, 6.07) is 5.87. The molecule has 0 aliphatic carbocycles. The summed E-state index contributed by atoms with van der Waals surface area (Å²) in [7, 11) is 0. The molecule has 0 aromatic heterocycles. The molecule has 1 aromatic carbocycles. The molecule has 1 aromatic rings. The van der Waals surface area contributed by atoms with Gasteiger partial charge in [-0.05, 0) is 24.1 Å². The third-order valence-electron chi connectivity index (χ3n) is 2.18. The lowest BCUT2D eigenvalue weighted by molar-refractivity contribution is -0.139. The Morgan fingerprint density at radius 2 is 2.06 bits per heavy atom. The smallest absolute Gasteiger partial charge is 0.321 e. The van der Waals surface area contributed by atoms with Crippen molar-refractivity contribution in [3.63, 3.8) is 0 Å². The van der Waals surface area contributed by atoms with Gasteiger partial charge in [0.25, 0.3) is 0 Å². The predicted octanol–water partition coefficient (Wildman–Crippen LogP) is 1.16. The van der Waals surface area contributed by atoms with E-state index in [9.17, 15) is 4.79 Å². The minimum Gasteiger partial charge on any atom is -0.508 e. The van der Waals surface area contributed by atoms with Gasteiger partial charge in [-0.2, -0.15) is 0 Å². The van der Waals surface area contributed by atoms with Crippen molar-refractivity contribution in [3.05, 3.63) is 42.5 Å². The summed E-state index contributed by atoms with van der Waals surface area (Å²) >= 11 is 0. The molecule has 0 heterocycles. The molecule has 0 aliphatic rings. The summed E-state index contributed by atoms with van der Waals surface area (Å²) < 4.78 is 0. The number of aromatic hydroxyl groups is 1. The number of nitrogens with one attached hydrogen (secondary N) is 1. The average molecular weight is 221 g/mol. The Kier molecular flexibility index (Phi) is 4.54. The van der Waals surface area contributed by atoms with Gasteiger partial charge in [0.05, 0.1) is 0 Å². The number of carboxylic acids is 1. The van der Waals surface area contributed by atoms with Crippen LogP contribution in [0.3, 0.4) is 0 Å². The molecule has 0 bridgehead atoms. The van der Waals surface area contributed by atoms with Crippen molar-refractivity contribution in [3.8, 4) is 5.75 Å².